The zero-order valence-corrected chi connectivity index (χ0v) is 9.23. The van der Waals surface area contributed by atoms with Crippen molar-refractivity contribution in [1.29, 1.82) is 0 Å². The summed E-state index contributed by atoms with van der Waals surface area (Å²) in [7, 11) is 0. The van der Waals surface area contributed by atoms with E-state index in [0.717, 1.165) is 0 Å². The molecule has 0 aliphatic heterocycles. The van der Waals surface area contributed by atoms with Gasteiger partial charge in [-0.05, 0) is 20.8 Å². The topological polar surface area (TPSA) is 99.0 Å². The van der Waals surface area contributed by atoms with E-state index in [1.807, 2.05) is 0 Å². The van der Waals surface area contributed by atoms with E-state index in [2.05, 4.69) is 5.32 Å². The number of aliphatic hydroxyl groups excluding tert-OH is 3. The fourth-order valence-electron chi connectivity index (χ4n) is 0.760. The average Bonchev–Trinajstić information content (AvgIpc) is 2.10. The van der Waals surface area contributed by atoms with E-state index in [1.54, 1.807) is 20.8 Å². The predicted molar refractivity (Wildman–Crippen MR) is 53.3 cm³/mol. The molecule has 0 aliphatic carbocycles. The number of hydrogen-bond donors (Lipinski definition) is 4. The number of ether oxygens (including phenoxy) is 1. The first-order valence-corrected chi connectivity index (χ1v) is 4.70. The molecule has 4 N–H and O–H groups in total. The van der Waals surface area contributed by atoms with E-state index in [1.165, 1.54) is 0 Å². The van der Waals surface area contributed by atoms with Crippen LogP contribution in [0.2, 0.25) is 0 Å². The van der Waals surface area contributed by atoms with Gasteiger partial charge in [-0.1, -0.05) is 0 Å². The molecular weight excluding hydrogens is 202 g/mol. The number of hydrogen-bond acceptors (Lipinski definition) is 5. The lowest BCUT2D eigenvalue weighted by Crippen LogP contribution is -2.42. The van der Waals surface area contributed by atoms with Crippen LogP contribution in [0.15, 0.2) is 0 Å². The lowest BCUT2D eigenvalue weighted by atomic mass is 10.2. The van der Waals surface area contributed by atoms with Crippen LogP contribution in [-0.4, -0.2) is 52.4 Å². The third-order valence-corrected chi connectivity index (χ3v) is 1.49. The summed E-state index contributed by atoms with van der Waals surface area (Å²) in [5.41, 5.74) is -0.607. The van der Waals surface area contributed by atoms with Crippen LogP contribution < -0.4 is 5.32 Å². The van der Waals surface area contributed by atoms with Crippen molar-refractivity contribution in [3.05, 3.63) is 0 Å². The monoisotopic (exact) mass is 221 g/mol. The molecule has 0 aliphatic rings. The zero-order valence-electron chi connectivity index (χ0n) is 9.23. The number of alkyl carbamates (subject to hydrolysis) is 1. The van der Waals surface area contributed by atoms with Gasteiger partial charge >= 0.3 is 6.09 Å². The number of nitrogens with one attached hydrogen (secondary N) is 1. The van der Waals surface area contributed by atoms with Crippen molar-refractivity contribution in [3.63, 3.8) is 0 Å². The summed E-state index contributed by atoms with van der Waals surface area (Å²) in [5.74, 6) is 0. The fraction of sp³-hybridized carbons (Fsp3) is 0.889. The quantitative estimate of drug-likeness (QED) is 0.499. The first-order chi connectivity index (χ1) is 6.76. The highest BCUT2D eigenvalue weighted by Crippen LogP contribution is 2.06. The van der Waals surface area contributed by atoms with Crippen LogP contribution in [0.1, 0.15) is 20.8 Å². The number of rotatable bonds is 4. The Bertz CT molecular complexity index is 201. The molecule has 2 unspecified atom stereocenters. The first kappa shape index (κ1) is 14.2. The molecule has 0 aromatic carbocycles. The molecule has 6 heteroatoms. The Labute approximate surface area is 88.9 Å². The molecule has 2 atom stereocenters. The molecule has 15 heavy (non-hydrogen) atoms. The minimum absolute atomic E-state index is 0.170. The summed E-state index contributed by atoms with van der Waals surface area (Å²) < 4.78 is 4.90. The Kier molecular flexibility index (Phi) is 5.56. The van der Waals surface area contributed by atoms with E-state index in [4.69, 9.17) is 14.9 Å². The molecule has 0 rings (SSSR count). The molecule has 0 heterocycles. The molecule has 0 aromatic heterocycles. The minimum atomic E-state index is -1.26. The summed E-state index contributed by atoms with van der Waals surface area (Å²) in [6.07, 6.45) is -3.14. The number of carbonyl (C=O) groups excluding carboxylic acids is 1. The van der Waals surface area contributed by atoms with Gasteiger partial charge in [0.15, 0.2) is 0 Å². The minimum Gasteiger partial charge on any atom is -0.444 e. The molecule has 0 saturated heterocycles. The highest BCUT2D eigenvalue weighted by molar-refractivity contribution is 5.67. The van der Waals surface area contributed by atoms with E-state index in [-0.39, 0.29) is 6.54 Å². The van der Waals surface area contributed by atoms with Crippen LogP contribution in [0.4, 0.5) is 4.79 Å². The summed E-state index contributed by atoms with van der Waals surface area (Å²) in [6.45, 7) is 4.41. The van der Waals surface area contributed by atoms with Crippen LogP contribution in [0, 0.1) is 0 Å². The van der Waals surface area contributed by atoms with Gasteiger partial charge in [0, 0.05) is 6.54 Å². The molecule has 0 radical (unpaired) electrons. The third-order valence-electron chi connectivity index (χ3n) is 1.49. The molecule has 6 nitrogen and oxygen atoms in total. The Morgan fingerprint density at radius 1 is 1.33 bits per heavy atom. The van der Waals surface area contributed by atoms with Crippen molar-refractivity contribution in [2.75, 3.05) is 13.2 Å². The van der Waals surface area contributed by atoms with Gasteiger partial charge in [-0.3, -0.25) is 0 Å². The number of aliphatic hydroxyl groups is 3. The van der Waals surface area contributed by atoms with Gasteiger partial charge in [-0.2, -0.15) is 0 Å². The first-order valence-electron chi connectivity index (χ1n) is 4.70. The summed E-state index contributed by atoms with van der Waals surface area (Å²) in [4.78, 5) is 11.1. The lowest BCUT2D eigenvalue weighted by molar-refractivity contribution is -0.0149. The number of carbonyl (C=O) groups is 1. The summed E-state index contributed by atoms with van der Waals surface area (Å²) in [5, 5.41) is 28.9. The van der Waals surface area contributed by atoms with Gasteiger partial charge < -0.3 is 25.4 Å². The van der Waals surface area contributed by atoms with Crippen molar-refractivity contribution in [2.24, 2.45) is 0 Å². The third kappa shape index (κ3) is 7.12. The van der Waals surface area contributed by atoms with Crippen LogP contribution in [0.5, 0.6) is 0 Å². The smallest absolute Gasteiger partial charge is 0.407 e. The van der Waals surface area contributed by atoms with E-state index in [0.29, 0.717) is 0 Å². The van der Waals surface area contributed by atoms with Crippen molar-refractivity contribution in [2.45, 2.75) is 38.6 Å². The molecule has 0 fully saturated rings. The molecule has 0 bridgehead atoms. The standard InChI is InChI=1S/C9H19NO5/c1-9(2,3)15-8(14)10-4-6(12)7(13)5-11/h6-7,11-13H,4-5H2,1-3H3,(H,10,14). The largest absolute Gasteiger partial charge is 0.444 e. The van der Waals surface area contributed by atoms with Crippen LogP contribution in [0.25, 0.3) is 0 Å². The van der Waals surface area contributed by atoms with Gasteiger partial charge in [0.2, 0.25) is 0 Å². The average molecular weight is 221 g/mol. The normalized spacial score (nSPS) is 15.6. The highest BCUT2D eigenvalue weighted by Gasteiger charge is 2.19. The maximum Gasteiger partial charge on any atom is 0.407 e. The Balaban J connectivity index is 3.81. The van der Waals surface area contributed by atoms with Crippen LogP contribution >= 0.6 is 0 Å². The van der Waals surface area contributed by atoms with E-state index < -0.39 is 30.5 Å². The second kappa shape index (κ2) is 5.89. The van der Waals surface area contributed by atoms with Gasteiger partial charge in [0.25, 0.3) is 0 Å². The van der Waals surface area contributed by atoms with Gasteiger partial charge in [0.05, 0.1) is 12.7 Å². The molecule has 0 saturated carbocycles. The Morgan fingerprint density at radius 3 is 2.27 bits per heavy atom. The van der Waals surface area contributed by atoms with Gasteiger partial charge in [0.1, 0.15) is 11.7 Å². The summed E-state index contributed by atoms with van der Waals surface area (Å²) >= 11 is 0. The SMILES string of the molecule is CC(C)(C)OC(=O)NCC(O)C(O)CO. The predicted octanol–water partition coefficient (Wildman–Crippen LogP) is -0.775. The van der Waals surface area contributed by atoms with Crippen LogP contribution in [0.3, 0.4) is 0 Å². The maximum atomic E-state index is 11.1. The molecule has 0 spiro atoms. The molecule has 1 amide bonds. The highest BCUT2D eigenvalue weighted by atomic mass is 16.6. The van der Waals surface area contributed by atoms with E-state index in [9.17, 15) is 9.90 Å². The molecular formula is C9H19NO5. The van der Waals surface area contributed by atoms with Crippen molar-refractivity contribution in [3.8, 4) is 0 Å². The Morgan fingerprint density at radius 2 is 1.87 bits per heavy atom. The fourth-order valence-corrected chi connectivity index (χ4v) is 0.760. The second-order valence-electron chi connectivity index (χ2n) is 4.20. The maximum absolute atomic E-state index is 11.1. The van der Waals surface area contributed by atoms with Crippen molar-refractivity contribution >= 4 is 6.09 Å². The second-order valence-corrected chi connectivity index (χ2v) is 4.20. The molecule has 90 valence electrons. The van der Waals surface area contributed by atoms with Crippen molar-refractivity contribution < 1.29 is 24.9 Å². The Hall–Kier alpha value is -0.850. The van der Waals surface area contributed by atoms with E-state index >= 15 is 0 Å². The van der Waals surface area contributed by atoms with Gasteiger partial charge in [-0.15, -0.1) is 0 Å². The summed E-state index contributed by atoms with van der Waals surface area (Å²) in [6, 6.07) is 0. The zero-order chi connectivity index (χ0) is 12.1. The van der Waals surface area contributed by atoms with Crippen LogP contribution in [-0.2, 0) is 4.74 Å². The molecule has 0 aromatic rings. The van der Waals surface area contributed by atoms with Crippen molar-refractivity contribution in [1.82, 2.24) is 5.32 Å². The number of amides is 1. The lowest BCUT2D eigenvalue weighted by Gasteiger charge is -2.21. The van der Waals surface area contributed by atoms with Gasteiger partial charge in [-0.25, -0.2) is 4.79 Å².